The molecule has 1 saturated heterocycles. The lowest BCUT2D eigenvalue weighted by Gasteiger charge is -2.36. The minimum Gasteiger partial charge on any atom is -0.403 e. The third-order valence-corrected chi connectivity index (χ3v) is 4.77. The monoisotopic (exact) mass is 391 g/mol. The second kappa shape index (κ2) is 9.54. The number of carbonyl (C=O) groups is 2. The van der Waals surface area contributed by atoms with Gasteiger partial charge in [0.25, 0.3) is 11.7 Å². The first kappa shape index (κ1) is 20.1. The number of nitrogens with two attached hydrogens (primary N) is 1. The molecule has 1 aliphatic heterocycles. The number of Topliss-reactive ketones (excluding diaryl/α,β-unsaturated/α-hetero) is 1. The molecule has 0 radical (unpaired) electrons. The molecule has 0 atom stereocenters. The van der Waals surface area contributed by atoms with Gasteiger partial charge in [0.1, 0.15) is 0 Å². The van der Waals surface area contributed by atoms with Gasteiger partial charge in [0.05, 0.1) is 5.52 Å². The van der Waals surface area contributed by atoms with Crippen molar-refractivity contribution in [1.29, 1.82) is 0 Å². The van der Waals surface area contributed by atoms with E-state index in [0.717, 1.165) is 16.6 Å². The number of nitrogens with one attached hydrogen (secondary N) is 1. The highest BCUT2D eigenvalue weighted by Gasteiger charge is 2.27. The number of amides is 1. The van der Waals surface area contributed by atoms with Crippen LogP contribution in [0.15, 0.2) is 72.9 Å². The van der Waals surface area contributed by atoms with Gasteiger partial charge in [-0.15, -0.1) is 0 Å². The average Bonchev–Trinajstić information content (AvgIpc) is 2.77. The van der Waals surface area contributed by atoms with Crippen molar-refractivity contribution in [3.8, 4) is 0 Å². The second-order valence-electron chi connectivity index (χ2n) is 6.58. The first-order valence-corrected chi connectivity index (χ1v) is 9.53. The number of aromatic nitrogens is 1. The third-order valence-electron chi connectivity index (χ3n) is 4.77. The van der Waals surface area contributed by atoms with Gasteiger partial charge < -0.3 is 20.9 Å². The summed E-state index contributed by atoms with van der Waals surface area (Å²) in [5.41, 5.74) is 7.61. The van der Waals surface area contributed by atoms with E-state index in [2.05, 4.69) is 21.3 Å². The molecule has 1 aromatic heterocycles. The molecule has 150 valence electrons. The van der Waals surface area contributed by atoms with Crippen LogP contribution in [-0.2, 0) is 9.59 Å². The molecule has 7 nitrogen and oxygen atoms in total. The van der Waals surface area contributed by atoms with E-state index < -0.39 is 11.7 Å². The summed E-state index contributed by atoms with van der Waals surface area (Å²) in [5, 5.41) is 3.87. The molecule has 1 fully saturated rings. The van der Waals surface area contributed by atoms with E-state index in [1.165, 1.54) is 18.6 Å². The summed E-state index contributed by atoms with van der Waals surface area (Å²) >= 11 is 0. The first-order chi connectivity index (χ1) is 14.2. The van der Waals surface area contributed by atoms with Crippen molar-refractivity contribution < 1.29 is 9.59 Å². The number of rotatable bonds is 6. The summed E-state index contributed by atoms with van der Waals surface area (Å²) < 4.78 is 0. The number of anilines is 1. The number of benzene rings is 1. The number of carbonyl (C=O) groups excluding carboxylic acids is 2. The van der Waals surface area contributed by atoms with Crippen LogP contribution in [0.4, 0.5) is 5.69 Å². The smallest absolute Gasteiger partial charge is 0.295 e. The maximum Gasteiger partial charge on any atom is 0.295 e. The predicted molar refractivity (Wildman–Crippen MR) is 115 cm³/mol. The van der Waals surface area contributed by atoms with Gasteiger partial charge in [0, 0.05) is 67.6 Å². The van der Waals surface area contributed by atoms with Gasteiger partial charge in [-0.1, -0.05) is 30.4 Å². The Morgan fingerprint density at radius 1 is 1.14 bits per heavy atom. The normalized spacial score (nSPS) is 15.4. The third kappa shape index (κ3) is 4.63. The van der Waals surface area contributed by atoms with Crippen molar-refractivity contribution in [2.75, 3.05) is 31.1 Å². The highest BCUT2D eigenvalue weighted by Crippen LogP contribution is 2.26. The van der Waals surface area contributed by atoms with Gasteiger partial charge in [0.2, 0.25) is 0 Å². The summed E-state index contributed by atoms with van der Waals surface area (Å²) in [4.78, 5) is 33.6. The molecule has 7 heteroatoms. The molecule has 1 aromatic carbocycles. The number of allylic oxidation sites excluding steroid dienone is 2. The molecular weight excluding hydrogens is 366 g/mol. The minimum absolute atomic E-state index is 0.290. The maximum absolute atomic E-state index is 12.7. The Morgan fingerprint density at radius 3 is 2.62 bits per heavy atom. The maximum atomic E-state index is 12.7. The lowest BCUT2D eigenvalue weighted by atomic mass is 10.1. The summed E-state index contributed by atoms with van der Waals surface area (Å²) in [6.07, 6.45) is 9.41. The second-order valence-corrected chi connectivity index (χ2v) is 6.58. The molecular formula is C22H25N5O2. The summed E-state index contributed by atoms with van der Waals surface area (Å²) in [7, 11) is 0. The molecule has 3 N–H and O–H groups in total. The van der Waals surface area contributed by atoms with Gasteiger partial charge in [-0.05, 0) is 19.1 Å². The van der Waals surface area contributed by atoms with E-state index in [-0.39, 0.29) is 5.57 Å². The van der Waals surface area contributed by atoms with Gasteiger partial charge in [-0.3, -0.25) is 14.6 Å². The summed E-state index contributed by atoms with van der Waals surface area (Å²) in [6.45, 7) is 4.08. The largest absolute Gasteiger partial charge is 0.403 e. The van der Waals surface area contributed by atoms with E-state index in [1.807, 2.05) is 24.3 Å². The molecule has 0 unspecified atom stereocenters. The fraction of sp³-hybridized carbons (Fsp3) is 0.227. The zero-order valence-electron chi connectivity index (χ0n) is 16.4. The van der Waals surface area contributed by atoms with Crippen LogP contribution in [0.2, 0.25) is 0 Å². The van der Waals surface area contributed by atoms with Crippen LogP contribution in [0.5, 0.6) is 0 Å². The molecule has 0 spiro atoms. The molecule has 2 aromatic rings. The number of hydrogen-bond acceptors (Lipinski definition) is 6. The number of nitrogens with zero attached hydrogens (tertiary/aromatic N) is 3. The Morgan fingerprint density at radius 2 is 1.90 bits per heavy atom. The van der Waals surface area contributed by atoms with E-state index in [4.69, 9.17) is 5.73 Å². The van der Waals surface area contributed by atoms with Gasteiger partial charge in [-0.2, -0.15) is 0 Å². The Hall–Kier alpha value is -3.61. The molecule has 0 saturated carbocycles. The quantitative estimate of drug-likeness (QED) is 0.444. The molecule has 29 heavy (non-hydrogen) atoms. The fourth-order valence-electron chi connectivity index (χ4n) is 3.34. The van der Waals surface area contributed by atoms with E-state index in [9.17, 15) is 9.59 Å². The van der Waals surface area contributed by atoms with Gasteiger partial charge in [-0.25, -0.2) is 0 Å². The first-order valence-electron chi connectivity index (χ1n) is 9.53. The molecule has 3 rings (SSSR count). The van der Waals surface area contributed by atoms with Crippen molar-refractivity contribution in [3.63, 3.8) is 0 Å². The lowest BCUT2D eigenvalue weighted by Crippen LogP contribution is -2.51. The minimum atomic E-state index is -0.538. The zero-order valence-corrected chi connectivity index (χ0v) is 16.4. The molecule has 1 aliphatic rings. The molecule has 2 heterocycles. The van der Waals surface area contributed by atoms with Crippen LogP contribution in [0.3, 0.4) is 0 Å². The van der Waals surface area contributed by atoms with E-state index in [1.54, 1.807) is 30.2 Å². The van der Waals surface area contributed by atoms with Crippen LogP contribution in [0, 0.1) is 0 Å². The SMILES string of the molecule is C/C=C/C(=C\N/C=C/N)C(=O)C(=O)N1CCN(c2ccnc3ccccc23)CC1. The summed E-state index contributed by atoms with van der Waals surface area (Å²) in [6, 6.07) is 9.99. The standard InChI is InChI=1S/C22H25N5O2/c1-2-5-17(16-24-11-9-23)21(28)22(29)27-14-12-26(13-15-27)20-8-10-25-19-7-4-3-6-18(19)20/h2-11,16,24H,12-15,23H2,1H3/b5-2+,11-9+,17-16+. The molecule has 1 amide bonds. The number of fused-ring (bicyclic) bond motifs is 1. The summed E-state index contributed by atoms with van der Waals surface area (Å²) in [5.74, 6) is -1.03. The van der Waals surface area contributed by atoms with Gasteiger partial charge in [0.15, 0.2) is 0 Å². The molecule has 0 bridgehead atoms. The fourth-order valence-corrected chi connectivity index (χ4v) is 3.34. The van der Waals surface area contributed by atoms with Crippen LogP contribution < -0.4 is 16.0 Å². The highest BCUT2D eigenvalue weighted by atomic mass is 16.2. The Balaban J connectivity index is 1.68. The number of ketones is 1. The number of piperazine rings is 1. The Bertz CT molecular complexity index is 967. The van der Waals surface area contributed by atoms with Gasteiger partial charge >= 0.3 is 0 Å². The van der Waals surface area contributed by atoms with Crippen molar-refractivity contribution >= 4 is 28.3 Å². The van der Waals surface area contributed by atoms with E-state index >= 15 is 0 Å². The van der Waals surface area contributed by atoms with Crippen molar-refractivity contribution in [2.24, 2.45) is 5.73 Å². The number of hydrogen-bond donors (Lipinski definition) is 2. The molecule has 0 aliphatic carbocycles. The van der Waals surface area contributed by atoms with E-state index in [0.29, 0.717) is 26.2 Å². The zero-order chi connectivity index (χ0) is 20.6. The topological polar surface area (TPSA) is 91.6 Å². The van der Waals surface area contributed by atoms with Crippen LogP contribution in [0.1, 0.15) is 6.92 Å². The van der Waals surface area contributed by atoms with Crippen molar-refractivity contribution in [1.82, 2.24) is 15.2 Å². The predicted octanol–water partition coefficient (Wildman–Crippen LogP) is 1.93. The van der Waals surface area contributed by atoms with Crippen molar-refractivity contribution in [2.45, 2.75) is 6.92 Å². The lowest BCUT2D eigenvalue weighted by molar-refractivity contribution is -0.142. The number of para-hydroxylation sites is 1. The van der Waals surface area contributed by atoms with Crippen LogP contribution in [-0.4, -0.2) is 47.8 Å². The Kier molecular flexibility index (Phi) is 6.63. The number of pyridine rings is 1. The van der Waals surface area contributed by atoms with Crippen LogP contribution in [0.25, 0.3) is 10.9 Å². The highest BCUT2D eigenvalue weighted by molar-refractivity contribution is 6.43. The van der Waals surface area contributed by atoms with Crippen molar-refractivity contribution in [3.05, 3.63) is 72.9 Å². The Labute approximate surface area is 170 Å². The average molecular weight is 391 g/mol. The van der Waals surface area contributed by atoms with Crippen LogP contribution >= 0.6 is 0 Å².